The Labute approximate surface area is 99.4 Å². The van der Waals surface area contributed by atoms with Crippen LogP contribution in [0.2, 0.25) is 0 Å². The van der Waals surface area contributed by atoms with Crippen LogP contribution in [0.4, 0.5) is 0 Å². The van der Waals surface area contributed by atoms with Gasteiger partial charge in [0.25, 0.3) is 0 Å². The predicted molar refractivity (Wildman–Crippen MR) is 64.3 cm³/mol. The lowest BCUT2D eigenvalue weighted by Crippen LogP contribution is -1.83. The van der Waals surface area contributed by atoms with E-state index in [1.807, 2.05) is 24.3 Å². The molecule has 0 unspecified atom stereocenters. The fourth-order valence-electron chi connectivity index (χ4n) is 1.28. The largest absolute Gasteiger partial charge is 0.464 e. The standard InChI is InChI=1S/C11H8Br2O/c1-7-9(12)5-4-8(11(7)13)10-3-2-6-14-10/h2-6H,1H3. The van der Waals surface area contributed by atoms with Gasteiger partial charge < -0.3 is 4.42 Å². The van der Waals surface area contributed by atoms with Gasteiger partial charge in [-0.25, -0.2) is 0 Å². The molecule has 0 aliphatic heterocycles. The van der Waals surface area contributed by atoms with Gasteiger partial charge in [-0.1, -0.05) is 15.9 Å². The molecule has 14 heavy (non-hydrogen) atoms. The van der Waals surface area contributed by atoms with E-state index >= 15 is 0 Å². The summed E-state index contributed by atoms with van der Waals surface area (Å²) in [6.07, 6.45) is 1.68. The van der Waals surface area contributed by atoms with Crippen LogP contribution in [0.15, 0.2) is 43.9 Å². The quantitative estimate of drug-likeness (QED) is 0.738. The first kappa shape index (κ1) is 9.99. The molecule has 0 saturated heterocycles. The molecule has 1 aromatic heterocycles. The Kier molecular flexibility index (Phi) is 2.79. The normalized spacial score (nSPS) is 10.5. The van der Waals surface area contributed by atoms with Crippen LogP contribution in [-0.4, -0.2) is 0 Å². The number of furan rings is 1. The van der Waals surface area contributed by atoms with Crippen molar-refractivity contribution in [2.75, 3.05) is 0 Å². The molecule has 2 aromatic rings. The lowest BCUT2D eigenvalue weighted by atomic mass is 10.1. The highest BCUT2D eigenvalue weighted by Gasteiger charge is 2.09. The third-order valence-electron chi connectivity index (χ3n) is 2.11. The second kappa shape index (κ2) is 3.91. The average Bonchev–Trinajstić information content (AvgIpc) is 2.67. The summed E-state index contributed by atoms with van der Waals surface area (Å²) in [5.74, 6) is 0.882. The van der Waals surface area contributed by atoms with Crippen molar-refractivity contribution in [3.05, 3.63) is 45.0 Å². The van der Waals surface area contributed by atoms with E-state index in [1.54, 1.807) is 6.26 Å². The van der Waals surface area contributed by atoms with Crippen LogP contribution >= 0.6 is 31.9 Å². The van der Waals surface area contributed by atoms with Crippen LogP contribution in [0.5, 0.6) is 0 Å². The Morgan fingerprint density at radius 3 is 2.57 bits per heavy atom. The average molecular weight is 316 g/mol. The molecule has 0 bridgehead atoms. The van der Waals surface area contributed by atoms with Gasteiger partial charge in [0.05, 0.1) is 6.26 Å². The van der Waals surface area contributed by atoms with Crippen molar-refractivity contribution in [3.8, 4) is 11.3 Å². The van der Waals surface area contributed by atoms with Crippen molar-refractivity contribution in [3.63, 3.8) is 0 Å². The van der Waals surface area contributed by atoms with Gasteiger partial charge in [0.1, 0.15) is 5.76 Å². The fraction of sp³-hybridized carbons (Fsp3) is 0.0909. The summed E-state index contributed by atoms with van der Waals surface area (Å²) in [5, 5.41) is 0. The summed E-state index contributed by atoms with van der Waals surface area (Å²) < 4.78 is 7.52. The third-order valence-corrected chi connectivity index (χ3v) is 3.99. The lowest BCUT2D eigenvalue weighted by molar-refractivity contribution is 0.582. The van der Waals surface area contributed by atoms with Gasteiger partial charge in [-0.2, -0.15) is 0 Å². The molecule has 1 aromatic carbocycles. The Morgan fingerprint density at radius 1 is 1.14 bits per heavy atom. The maximum Gasteiger partial charge on any atom is 0.134 e. The molecule has 0 aliphatic carbocycles. The van der Waals surface area contributed by atoms with Crippen LogP contribution in [0.3, 0.4) is 0 Å². The molecule has 0 spiro atoms. The molecule has 0 N–H and O–H groups in total. The minimum atomic E-state index is 0.882. The Balaban J connectivity index is 2.61. The van der Waals surface area contributed by atoms with Gasteiger partial charge in [-0.05, 0) is 52.7 Å². The van der Waals surface area contributed by atoms with E-state index in [9.17, 15) is 0 Å². The highest BCUT2D eigenvalue weighted by molar-refractivity contribution is 9.11. The van der Waals surface area contributed by atoms with E-state index < -0.39 is 0 Å². The van der Waals surface area contributed by atoms with E-state index in [-0.39, 0.29) is 0 Å². The van der Waals surface area contributed by atoms with Gasteiger partial charge in [0, 0.05) is 14.5 Å². The molecular formula is C11H8Br2O. The first-order chi connectivity index (χ1) is 6.70. The number of hydrogen-bond donors (Lipinski definition) is 0. The van der Waals surface area contributed by atoms with Crippen LogP contribution < -0.4 is 0 Å². The van der Waals surface area contributed by atoms with Gasteiger partial charge in [-0.15, -0.1) is 0 Å². The topological polar surface area (TPSA) is 13.1 Å². The van der Waals surface area contributed by atoms with Crippen molar-refractivity contribution < 1.29 is 4.42 Å². The molecule has 0 atom stereocenters. The second-order valence-electron chi connectivity index (χ2n) is 3.01. The molecular weight excluding hydrogens is 308 g/mol. The summed E-state index contributed by atoms with van der Waals surface area (Å²) in [5.41, 5.74) is 2.26. The first-order valence-corrected chi connectivity index (χ1v) is 5.77. The highest BCUT2D eigenvalue weighted by atomic mass is 79.9. The summed E-state index contributed by atoms with van der Waals surface area (Å²) >= 11 is 7.05. The van der Waals surface area contributed by atoms with E-state index in [0.29, 0.717) is 0 Å². The van der Waals surface area contributed by atoms with E-state index in [1.165, 1.54) is 5.56 Å². The van der Waals surface area contributed by atoms with Gasteiger partial charge in [0.15, 0.2) is 0 Å². The molecule has 3 heteroatoms. The van der Waals surface area contributed by atoms with E-state index in [0.717, 1.165) is 20.3 Å². The summed E-state index contributed by atoms with van der Waals surface area (Å²) in [6.45, 7) is 2.06. The molecule has 1 nitrogen and oxygen atoms in total. The van der Waals surface area contributed by atoms with Crippen molar-refractivity contribution in [2.45, 2.75) is 6.92 Å². The highest BCUT2D eigenvalue weighted by Crippen LogP contribution is 2.34. The zero-order chi connectivity index (χ0) is 10.1. The molecule has 0 radical (unpaired) electrons. The smallest absolute Gasteiger partial charge is 0.134 e. The molecule has 0 aliphatic rings. The second-order valence-corrected chi connectivity index (χ2v) is 4.66. The van der Waals surface area contributed by atoms with Crippen LogP contribution in [0.25, 0.3) is 11.3 Å². The summed E-state index contributed by atoms with van der Waals surface area (Å²) in [7, 11) is 0. The van der Waals surface area contributed by atoms with Crippen LogP contribution in [0.1, 0.15) is 5.56 Å². The molecule has 0 saturated carbocycles. The van der Waals surface area contributed by atoms with Crippen LogP contribution in [0, 0.1) is 6.92 Å². The summed E-state index contributed by atoms with van der Waals surface area (Å²) in [6, 6.07) is 7.89. The van der Waals surface area contributed by atoms with E-state index in [4.69, 9.17) is 4.42 Å². The van der Waals surface area contributed by atoms with Gasteiger partial charge in [0.2, 0.25) is 0 Å². The zero-order valence-corrected chi connectivity index (χ0v) is 10.7. The number of hydrogen-bond acceptors (Lipinski definition) is 1. The van der Waals surface area contributed by atoms with E-state index in [2.05, 4.69) is 38.8 Å². The van der Waals surface area contributed by atoms with Crippen LogP contribution in [-0.2, 0) is 0 Å². The maximum absolute atomic E-state index is 5.35. The van der Waals surface area contributed by atoms with Gasteiger partial charge >= 0.3 is 0 Å². The predicted octanol–water partition coefficient (Wildman–Crippen LogP) is 4.78. The maximum atomic E-state index is 5.35. The molecule has 0 fully saturated rings. The fourth-order valence-corrected chi connectivity index (χ4v) is 2.42. The van der Waals surface area contributed by atoms with Gasteiger partial charge in [-0.3, -0.25) is 0 Å². The third kappa shape index (κ3) is 1.66. The minimum Gasteiger partial charge on any atom is -0.464 e. The van der Waals surface area contributed by atoms with Crippen molar-refractivity contribution in [2.24, 2.45) is 0 Å². The lowest BCUT2D eigenvalue weighted by Gasteiger charge is -2.06. The minimum absolute atomic E-state index is 0.882. The SMILES string of the molecule is Cc1c(Br)ccc(-c2ccco2)c1Br. The number of benzene rings is 1. The first-order valence-electron chi connectivity index (χ1n) is 4.18. The molecule has 72 valence electrons. The number of halogens is 2. The van der Waals surface area contributed by atoms with Crippen molar-refractivity contribution in [1.29, 1.82) is 0 Å². The zero-order valence-electron chi connectivity index (χ0n) is 7.55. The molecule has 0 amide bonds. The number of rotatable bonds is 1. The van der Waals surface area contributed by atoms with Crippen molar-refractivity contribution >= 4 is 31.9 Å². The Morgan fingerprint density at radius 2 is 1.93 bits per heavy atom. The molecule has 1 heterocycles. The Bertz CT molecular complexity index is 447. The summed E-state index contributed by atoms with van der Waals surface area (Å²) in [4.78, 5) is 0. The monoisotopic (exact) mass is 314 g/mol. The van der Waals surface area contributed by atoms with Crippen molar-refractivity contribution in [1.82, 2.24) is 0 Å². The molecule has 2 rings (SSSR count). The Hall–Kier alpha value is -0.540.